The van der Waals surface area contributed by atoms with Crippen LogP contribution in [-0.2, 0) is 51.4 Å². The van der Waals surface area contributed by atoms with Crippen molar-refractivity contribution in [2.24, 2.45) is 0 Å². The second-order valence-electron chi connectivity index (χ2n) is 22.2. The molecule has 0 N–H and O–H groups in total. The second kappa shape index (κ2) is 14.6. The standard InChI is InChI=1S/C74H48/c1-5-41-13-17-45-21-29-53(61(9-1)69(41)45)49-25-33-57-58-34-26-51(55-31-23-47-19-15-43-7-3-11-63(55)71(43)47)39-67(58)74-68-40-52(56-32-24-48-20-16-44-8-4-12-64(56)72(44)48)28-36-60(68)59-35-27-50(38-66(59)73(74)65(57)37-49)54-30-22-46-18-14-42-6-2-10-62(54)70(42)46/h1-12,21-40H,13-20H2. The summed E-state index contributed by atoms with van der Waals surface area (Å²) < 4.78 is 0. The topological polar surface area (TPSA) is 0 Å². The van der Waals surface area contributed by atoms with Crippen LogP contribution in [0.5, 0.6) is 0 Å². The van der Waals surface area contributed by atoms with E-state index in [1.54, 1.807) is 0 Å². The molecule has 0 bridgehead atoms. The Balaban J connectivity index is 1.01. The summed E-state index contributed by atoms with van der Waals surface area (Å²) in [7, 11) is 0. The van der Waals surface area contributed by atoms with Gasteiger partial charge >= 0.3 is 0 Å². The Bertz CT molecular complexity index is 4280. The van der Waals surface area contributed by atoms with Crippen molar-refractivity contribution in [1.29, 1.82) is 0 Å². The average Bonchev–Trinajstić information content (AvgIpc) is 4.32. The fourth-order valence-corrected chi connectivity index (χ4v) is 15.4. The molecule has 0 saturated heterocycles. The smallest absolute Gasteiger partial charge is 0.00134 e. The summed E-state index contributed by atoms with van der Waals surface area (Å²) >= 11 is 0. The molecule has 18 rings (SSSR count). The molecule has 74 heavy (non-hydrogen) atoms. The largest absolute Gasteiger partial charge is 0.0613 e. The van der Waals surface area contributed by atoms with Crippen LogP contribution in [0.3, 0.4) is 0 Å². The predicted molar refractivity (Wildman–Crippen MR) is 315 cm³/mol. The van der Waals surface area contributed by atoms with E-state index in [1.807, 2.05) is 0 Å². The Morgan fingerprint density at radius 1 is 0.162 bits per heavy atom. The van der Waals surface area contributed by atoms with Gasteiger partial charge in [0.15, 0.2) is 0 Å². The average molecular weight is 937 g/mol. The molecule has 0 aromatic heterocycles. The number of benzene rings is 14. The van der Waals surface area contributed by atoms with E-state index in [0.29, 0.717) is 0 Å². The first-order valence-corrected chi connectivity index (χ1v) is 27.1. The fourth-order valence-electron chi connectivity index (χ4n) is 15.4. The molecule has 4 aliphatic carbocycles. The van der Waals surface area contributed by atoms with Crippen molar-refractivity contribution in [3.05, 3.63) is 239 Å². The number of aryl methyl sites for hydroxylation is 8. The van der Waals surface area contributed by atoms with Gasteiger partial charge in [-0.05, 0) is 262 Å². The van der Waals surface area contributed by atoms with E-state index >= 15 is 0 Å². The van der Waals surface area contributed by atoms with Crippen molar-refractivity contribution in [3.8, 4) is 44.5 Å². The molecule has 4 aliphatic rings. The lowest BCUT2D eigenvalue weighted by atomic mass is 9.83. The molecule has 0 heteroatoms. The van der Waals surface area contributed by atoms with Crippen molar-refractivity contribution < 1.29 is 0 Å². The SMILES string of the molecule is c1cc2c3c(ccc(-c4ccc5c6ccc(-c7ccc8c9c(cccc79)CC8)cc6c6c7cc(-c8ccc9c%10c(cccc8%10)CC9)ccc7c7ccc(-c8ccc9c%10c(cccc8%10)CC9)cc7c6c5c4)c3c1)CC2. The van der Waals surface area contributed by atoms with Crippen LogP contribution in [0.2, 0.25) is 0 Å². The molecule has 14 aromatic rings. The molecule has 0 aliphatic heterocycles. The third kappa shape index (κ3) is 5.32. The molecule has 0 heterocycles. The highest BCUT2D eigenvalue weighted by molar-refractivity contribution is 6.40. The van der Waals surface area contributed by atoms with Gasteiger partial charge in [-0.15, -0.1) is 0 Å². The number of fused-ring (bicyclic) bond motifs is 11. The van der Waals surface area contributed by atoms with Crippen LogP contribution in [0.4, 0.5) is 0 Å². The van der Waals surface area contributed by atoms with Gasteiger partial charge in [-0.2, -0.15) is 0 Å². The molecule has 0 saturated carbocycles. The van der Waals surface area contributed by atoms with Crippen LogP contribution in [0.25, 0.3) is 141 Å². The third-order valence-electron chi connectivity index (χ3n) is 18.7. The molecule has 0 atom stereocenters. The van der Waals surface area contributed by atoms with E-state index in [2.05, 4.69) is 194 Å². The summed E-state index contributed by atoms with van der Waals surface area (Å²) in [5.41, 5.74) is 22.2. The summed E-state index contributed by atoms with van der Waals surface area (Å²) in [4.78, 5) is 0. The van der Waals surface area contributed by atoms with E-state index in [4.69, 9.17) is 0 Å². The third-order valence-corrected chi connectivity index (χ3v) is 18.7. The minimum absolute atomic E-state index is 1.12. The quantitative estimate of drug-likeness (QED) is 0.154. The first-order valence-electron chi connectivity index (χ1n) is 27.1. The van der Waals surface area contributed by atoms with Crippen molar-refractivity contribution in [2.75, 3.05) is 0 Å². The number of hydrogen-bond donors (Lipinski definition) is 0. The lowest BCUT2D eigenvalue weighted by molar-refractivity contribution is 1.02. The van der Waals surface area contributed by atoms with Gasteiger partial charge in [0.1, 0.15) is 0 Å². The molecular formula is C74H48. The van der Waals surface area contributed by atoms with Crippen LogP contribution < -0.4 is 0 Å². The fraction of sp³-hybridized carbons (Fsp3) is 0.108. The van der Waals surface area contributed by atoms with Gasteiger partial charge in [-0.25, -0.2) is 0 Å². The van der Waals surface area contributed by atoms with E-state index in [-0.39, 0.29) is 0 Å². The summed E-state index contributed by atoms with van der Waals surface area (Å²) in [6, 6.07) is 77.0. The predicted octanol–water partition coefficient (Wildman–Crippen LogP) is 19.1. The molecular weight excluding hydrogens is 889 g/mol. The van der Waals surface area contributed by atoms with E-state index < -0.39 is 0 Å². The molecule has 0 radical (unpaired) electrons. The maximum Gasteiger partial charge on any atom is -0.00134 e. The summed E-state index contributed by atoms with van der Waals surface area (Å²) in [5, 5.41) is 24.5. The zero-order valence-electron chi connectivity index (χ0n) is 41.1. The lowest BCUT2D eigenvalue weighted by Gasteiger charge is -2.20. The maximum absolute atomic E-state index is 2.57. The first-order chi connectivity index (χ1) is 36.7. The Labute approximate surface area is 429 Å². The highest BCUT2D eigenvalue weighted by atomic mass is 14.3. The van der Waals surface area contributed by atoms with Crippen molar-refractivity contribution >= 4 is 97.0 Å². The Morgan fingerprint density at radius 3 is 0.635 bits per heavy atom. The normalized spacial score (nSPS) is 14.3. The molecule has 0 spiro atoms. The van der Waals surface area contributed by atoms with Crippen LogP contribution in [0.15, 0.2) is 194 Å². The number of rotatable bonds is 4. The first kappa shape index (κ1) is 40.0. The highest BCUT2D eigenvalue weighted by Crippen LogP contribution is 2.50. The molecule has 14 aromatic carbocycles. The van der Waals surface area contributed by atoms with Crippen LogP contribution in [0, 0.1) is 0 Å². The van der Waals surface area contributed by atoms with Crippen LogP contribution in [-0.4, -0.2) is 0 Å². The summed E-state index contributed by atoms with van der Waals surface area (Å²) in [6.07, 6.45) is 8.98. The lowest BCUT2D eigenvalue weighted by Crippen LogP contribution is -1.93. The van der Waals surface area contributed by atoms with Gasteiger partial charge in [0, 0.05) is 0 Å². The molecule has 0 unspecified atom stereocenters. The van der Waals surface area contributed by atoms with Crippen LogP contribution in [0.1, 0.15) is 44.5 Å². The van der Waals surface area contributed by atoms with Gasteiger partial charge in [0.25, 0.3) is 0 Å². The van der Waals surface area contributed by atoms with Gasteiger partial charge in [-0.3, -0.25) is 0 Å². The molecule has 0 nitrogen and oxygen atoms in total. The van der Waals surface area contributed by atoms with E-state index in [9.17, 15) is 0 Å². The minimum atomic E-state index is 1.12. The zero-order valence-corrected chi connectivity index (χ0v) is 41.1. The molecule has 0 amide bonds. The Hall–Kier alpha value is -8.58. The van der Waals surface area contributed by atoms with Gasteiger partial charge in [0.2, 0.25) is 0 Å². The summed E-state index contributed by atoms with van der Waals surface area (Å²) in [5.74, 6) is 0. The minimum Gasteiger partial charge on any atom is -0.0613 e. The summed E-state index contributed by atoms with van der Waals surface area (Å²) in [6.45, 7) is 0. The maximum atomic E-state index is 2.57. The Morgan fingerprint density at radius 2 is 0.392 bits per heavy atom. The monoisotopic (exact) mass is 936 g/mol. The highest BCUT2D eigenvalue weighted by Gasteiger charge is 2.25. The second-order valence-corrected chi connectivity index (χ2v) is 22.2. The van der Waals surface area contributed by atoms with Crippen LogP contribution >= 0.6 is 0 Å². The number of hydrogen-bond acceptors (Lipinski definition) is 0. The molecule has 0 fully saturated rings. The van der Waals surface area contributed by atoms with Gasteiger partial charge in [-0.1, -0.05) is 170 Å². The van der Waals surface area contributed by atoms with Crippen molar-refractivity contribution in [1.82, 2.24) is 0 Å². The Kier molecular flexibility index (Phi) is 7.86. The van der Waals surface area contributed by atoms with Gasteiger partial charge in [0.05, 0.1) is 0 Å². The van der Waals surface area contributed by atoms with E-state index in [1.165, 1.54) is 186 Å². The van der Waals surface area contributed by atoms with Crippen molar-refractivity contribution in [3.63, 3.8) is 0 Å². The van der Waals surface area contributed by atoms with E-state index in [0.717, 1.165) is 51.4 Å². The molecule has 344 valence electrons. The van der Waals surface area contributed by atoms with Crippen molar-refractivity contribution in [2.45, 2.75) is 51.4 Å². The van der Waals surface area contributed by atoms with Gasteiger partial charge < -0.3 is 0 Å². The zero-order chi connectivity index (χ0) is 47.9.